The van der Waals surface area contributed by atoms with Crippen molar-refractivity contribution in [3.63, 3.8) is 0 Å². The van der Waals surface area contributed by atoms with Crippen LogP contribution in [0.1, 0.15) is 0 Å². The molecule has 0 saturated carbocycles. The summed E-state index contributed by atoms with van der Waals surface area (Å²) in [4.78, 5) is 0. The van der Waals surface area contributed by atoms with Gasteiger partial charge in [-0.15, -0.1) is 24.8 Å². The summed E-state index contributed by atoms with van der Waals surface area (Å²) in [5.74, 6) is 0. The lowest BCUT2D eigenvalue weighted by Crippen LogP contribution is -2.22. The van der Waals surface area contributed by atoms with Gasteiger partial charge in [-0.05, 0) is 0 Å². The Balaban J connectivity index is 0. The maximum atomic E-state index is 8.69. The van der Waals surface area contributed by atoms with Gasteiger partial charge in [0.15, 0.2) is 0 Å². The Morgan fingerprint density at radius 3 is 0.812 bits per heavy atom. The molecule has 16 heavy (non-hydrogen) atoms. The SMILES string of the molecule is Cl.Cl.O[C@@H]1CNC[C@H]1O.O[C@H]1CNC[C@@H]1O. The zero-order valence-corrected chi connectivity index (χ0v) is 10.4. The monoisotopic (exact) mass is 278 g/mol. The average Bonchev–Trinajstić information content (AvgIpc) is 2.67. The first-order valence-electron chi connectivity index (χ1n) is 4.75. The molecule has 2 saturated heterocycles. The van der Waals surface area contributed by atoms with Crippen molar-refractivity contribution in [2.24, 2.45) is 0 Å². The molecule has 0 unspecified atom stereocenters. The van der Waals surface area contributed by atoms with Gasteiger partial charge in [-0.2, -0.15) is 0 Å². The molecule has 6 nitrogen and oxygen atoms in total. The van der Waals surface area contributed by atoms with Crippen LogP contribution in [0.3, 0.4) is 0 Å². The van der Waals surface area contributed by atoms with Crippen LogP contribution >= 0.6 is 24.8 Å². The molecule has 2 rings (SSSR count). The number of aliphatic hydroxyl groups excluding tert-OH is 4. The molecular formula is C8H20Cl2N2O4. The highest BCUT2D eigenvalue weighted by Gasteiger charge is 2.21. The molecule has 0 spiro atoms. The van der Waals surface area contributed by atoms with Gasteiger partial charge in [-0.1, -0.05) is 0 Å². The Bertz CT molecular complexity index is 144. The van der Waals surface area contributed by atoms with Crippen molar-refractivity contribution in [1.29, 1.82) is 0 Å². The largest absolute Gasteiger partial charge is 0.389 e. The second-order valence-corrected chi connectivity index (χ2v) is 3.59. The molecule has 2 fully saturated rings. The number of aliphatic hydroxyl groups is 4. The zero-order chi connectivity index (χ0) is 10.6. The van der Waals surface area contributed by atoms with Crippen LogP contribution < -0.4 is 10.6 Å². The van der Waals surface area contributed by atoms with Crippen LogP contribution in [-0.2, 0) is 0 Å². The van der Waals surface area contributed by atoms with Gasteiger partial charge in [0.2, 0.25) is 0 Å². The summed E-state index contributed by atoms with van der Waals surface area (Å²) in [6, 6.07) is 0. The Kier molecular flexibility index (Phi) is 11.0. The summed E-state index contributed by atoms with van der Waals surface area (Å²) in [6.07, 6.45) is -2.17. The minimum atomic E-state index is -0.542. The standard InChI is InChI=1S/2C4H9NO2.2ClH/c2*6-3-1-5-2-4(3)7;;/h2*3-7H,1-2H2;2*1H/t2*3-,4-;;/m10../s1. The first-order chi connectivity index (χ1) is 6.61. The molecule has 0 aliphatic carbocycles. The molecule has 0 radical (unpaired) electrons. The molecule has 2 aliphatic rings. The molecule has 100 valence electrons. The highest BCUT2D eigenvalue weighted by molar-refractivity contribution is 5.85. The number of hydrogen-bond acceptors (Lipinski definition) is 6. The Hall–Kier alpha value is 0.340. The van der Waals surface area contributed by atoms with E-state index in [4.69, 9.17) is 20.4 Å². The fourth-order valence-corrected chi connectivity index (χ4v) is 1.30. The Morgan fingerprint density at radius 1 is 0.562 bits per heavy atom. The molecule has 2 aliphatic heterocycles. The van der Waals surface area contributed by atoms with E-state index in [1.165, 1.54) is 0 Å². The lowest BCUT2D eigenvalue weighted by molar-refractivity contribution is 0.0572. The van der Waals surface area contributed by atoms with E-state index >= 15 is 0 Å². The van der Waals surface area contributed by atoms with Crippen LogP contribution in [0, 0.1) is 0 Å². The number of rotatable bonds is 0. The summed E-state index contributed by atoms with van der Waals surface area (Å²) >= 11 is 0. The van der Waals surface area contributed by atoms with E-state index in [1.807, 2.05) is 0 Å². The highest BCUT2D eigenvalue weighted by atomic mass is 35.5. The predicted octanol–water partition coefficient (Wildman–Crippen LogP) is -2.53. The number of hydrogen-bond donors (Lipinski definition) is 6. The fourth-order valence-electron chi connectivity index (χ4n) is 1.30. The van der Waals surface area contributed by atoms with E-state index in [-0.39, 0.29) is 24.8 Å². The van der Waals surface area contributed by atoms with Crippen molar-refractivity contribution in [2.45, 2.75) is 24.4 Å². The topological polar surface area (TPSA) is 105 Å². The summed E-state index contributed by atoms with van der Waals surface area (Å²) in [5, 5.41) is 40.4. The molecule has 2 heterocycles. The fraction of sp³-hybridized carbons (Fsp3) is 1.00. The van der Waals surface area contributed by atoms with Crippen molar-refractivity contribution in [2.75, 3.05) is 26.2 Å². The Labute approximate surface area is 107 Å². The molecule has 0 amide bonds. The molecule has 0 aromatic rings. The molecule has 6 N–H and O–H groups in total. The lowest BCUT2D eigenvalue weighted by Gasteiger charge is -2.01. The maximum Gasteiger partial charge on any atom is 0.0935 e. The maximum absolute atomic E-state index is 8.69. The first kappa shape index (κ1) is 18.7. The van der Waals surface area contributed by atoms with Gasteiger partial charge in [-0.3, -0.25) is 0 Å². The molecule has 8 heteroatoms. The summed E-state index contributed by atoms with van der Waals surface area (Å²) in [7, 11) is 0. The second kappa shape index (κ2) is 9.38. The van der Waals surface area contributed by atoms with Crippen molar-refractivity contribution in [3.05, 3.63) is 0 Å². The van der Waals surface area contributed by atoms with Crippen molar-refractivity contribution < 1.29 is 20.4 Å². The molecular weight excluding hydrogens is 259 g/mol. The first-order valence-corrected chi connectivity index (χ1v) is 4.75. The van der Waals surface area contributed by atoms with Gasteiger partial charge >= 0.3 is 0 Å². The van der Waals surface area contributed by atoms with Crippen LogP contribution in [0.2, 0.25) is 0 Å². The number of halogens is 2. The minimum absolute atomic E-state index is 0. The van der Waals surface area contributed by atoms with Crippen molar-refractivity contribution in [3.8, 4) is 0 Å². The third kappa shape index (κ3) is 6.17. The van der Waals surface area contributed by atoms with Crippen LogP contribution in [0.25, 0.3) is 0 Å². The van der Waals surface area contributed by atoms with Gasteiger partial charge in [0.25, 0.3) is 0 Å². The molecule has 0 aromatic carbocycles. The minimum Gasteiger partial charge on any atom is -0.389 e. The third-order valence-electron chi connectivity index (χ3n) is 2.30. The van der Waals surface area contributed by atoms with Crippen molar-refractivity contribution in [1.82, 2.24) is 10.6 Å². The third-order valence-corrected chi connectivity index (χ3v) is 2.30. The second-order valence-electron chi connectivity index (χ2n) is 3.59. The lowest BCUT2D eigenvalue weighted by atomic mass is 10.3. The molecule has 4 atom stereocenters. The average molecular weight is 279 g/mol. The van der Waals surface area contributed by atoms with E-state index < -0.39 is 24.4 Å². The summed E-state index contributed by atoms with van der Waals surface area (Å²) in [5.41, 5.74) is 0. The molecule has 0 bridgehead atoms. The van der Waals surface area contributed by atoms with E-state index in [0.29, 0.717) is 26.2 Å². The van der Waals surface area contributed by atoms with Gasteiger partial charge < -0.3 is 31.1 Å². The van der Waals surface area contributed by atoms with E-state index in [0.717, 1.165) is 0 Å². The zero-order valence-electron chi connectivity index (χ0n) is 8.74. The van der Waals surface area contributed by atoms with Gasteiger partial charge in [0, 0.05) is 26.2 Å². The highest BCUT2D eigenvalue weighted by Crippen LogP contribution is 1.96. The van der Waals surface area contributed by atoms with Crippen LogP contribution in [0.5, 0.6) is 0 Å². The number of β-amino-alcohol motifs (C(OH)–C–C–N with tert-alkyl or cyclic N) is 4. The quantitative estimate of drug-likeness (QED) is 0.292. The van der Waals surface area contributed by atoms with E-state index in [1.54, 1.807) is 0 Å². The van der Waals surface area contributed by atoms with Crippen LogP contribution in [0.15, 0.2) is 0 Å². The predicted molar refractivity (Wildman–Crippen MR) is 64.3 cm³/mol. The smallest absolute Gasteiger partial charge is 0.0935 e. The summed E-state index contributed by atoms with van der Waals surface area (Å²) in [6.45, 7) is 2.12. The van der Waals surface area contributed by atoms with E-state index in [2.05, 4.69) is 10.6 Å². The van der Waals surface area contributed by atoms with E-state index in [9.17, 15) is 0 Å². The Morgan fingerprint density at radius 2 is 0.750 bits per heavy atom. The van der Waals surface area contributed by atoms with Gasteiger partial charge in [0.1, 0.15) is 0 Å². The van der Waals surface area contributed by atoms with Crippen LogP contribution in [0.4, 0.5) is 0 Å². The molecule has 0 aromatic heterocycles. The normalized spacial score (nSPS) is 36.8. The summed E-state index contributed by atoms with van der Waals surface area (Å²) < 4.78 is 0. The van der Waals surface area contributed by atoms with Crippen LogP contribution in [-0.4, -0.2) is 71.0 Å². The van der Waals surface area contributed by atoms with Crippen molar-refractivity contribution >= 4 is 24.8 Å². The van der Waals surface area contributed by atoms with Gasteiger partial charge in [-0.25, -0.2) is 0 Å². The number of nitrogens with one attached hydrogen (secondary N) is 2. The van der Waals surface area contributed by atoms with Gasteiger partial charge in [0.05, 0.1) is 24.4 Å².